The second kappa shape index (κ2) is 5.52. The predicted octanol–water partition coefficient (Wildman–Crippen LogP) is 5.11. The van der Waals surface area contributed by atoms with Crippen LogP contribution in [0.3, 0.4) is 0 Å². The molecular formula is C16H22ClN. The Hall–Kier alpha value is -0.690. The fourth-order valence-corrected chi connectivity index (χ4v) is 3.99. The first-order valence-corrected chi connectivity index (χ1v) is 7.72. The topological polar surface area (TPSA) is 12.0 Å². The first-order valence-electron chi connectivity index (χ1n) is 7.34. The molecule has 0 saturated heterocycles. The molecule has 1 N–H and O–H groups in total. The third-order valence-corrected chi connectivity index (χ3v) is 5.10. The summed E-state index contributed by atoms with van der Waals surface area (Å²) in [5, 5.41) is 4.50. The van der Waals surface area contributed by atoms with E-state index in [-0.39, 0.29) is 0 Å². The lowest BCUT2D eigenvalue weighted by Gasteiger charge is -2.39. The highest BCUT2D eigenvalue weighted by atomic mass is 35.5. The zero-order valence-corrected chi connectivity index (χ0v) is 11.6. The van der Waals surface area contributed by atoms with Gasteiger partial charge >= 0.3 is 0 Å². The van der Waals surface area contributed by atoms with Gasteiger partial charge in [0.1, 0.15) is 0 Å². The van der Waals surface area contributed by atoms with Crippen LogP contribution in [0.2, 0.25) is 5.02 Å². The molecule has 1 aromatic rings. The largest absolute Gasteiger partial charge is 0.381 e. The number of halogens is 1. The Morgan fingerprint density at radius 2 is 1.72 bits per heavy atom. The molecule has 1 nitrogen and oxygen atoms in total. The van der Waals surface area contributed by atoms with Gasteiger partial charge in [-0.15, -0.1) is 0 Å². The molecule has 3 unspecified atom stereocenters. The van der Waals surface area contributed by atoms with Crippen LogP contribution < -0.4 is 5.32 Å². The molecule has 0 amide bonds. The molecule has 0 bridgehead atoms. The van der Waals surface area contributed by atoms with E-state index >= 15 is 0 Å². The normalized spacial score (nSPS) is 31.7. The molecule has 0 aromatic heterocycles. The first kappa shape index (κ1) is 12.3. The average molecular weight is 264 g/mol. The molecule has 2 heteroatoms. The van der Waals surface area contributed by atoms with Crippen molar-refractivity contribution < 1.29 is 0 Å². The number of hydrogen-bond donors (Lipinski definition) is 1. The zero-order valence-electron chi connectivity index (χ0n) is 10.9. The molecular weight excluding hydrogens is 242 g/mol. The van der Waals surface area contributed by atoms with E-state index in [2.05, 4.69) is 17.4 Å². The minimum absolute atomic E-state index is 0.629. The van der Waals surface area contributed by atoms with Crippen molar-refractivity contribution in [3.63, 3.8) is 0 Å². The van der Waals surface area contributed by atoms with Crippen molar-refractivity contribution in [3.05, 3.63) is 29.3 Å². The van der Waals surface area contributed by atoms with Crippen molar-refractivity contribution in [1.29, 1.82) is 0 Å². The molecule has 1 aromatic carbocycles. The number of rotatable bonds is 2. The summed E-state index contributed by atoms with van der Waals surface area (Å²) >= 11 is 6.22. The maximum Gasteiger partial charge on any atom is 0.0637 e. The van der Waals surface area contributed by atoms with Crippen LogP contribution in [0.15, 0.2) is 24.3 Å². The minimum atomic E-state index is 0.629. The SMILES string of the molecule is Clc1ccccc1NC1CCC2CCCCC2C1. The maximum atomic E-state index is 6.22. The second-order valence-electron chi connectivity index (χ2n) is 5.94. The number of hydrogen-bond acceptors (Lipinski definition) is 1. The summed E-state index contributed by atoms with van der Waals surface area (Å²) in [5.41, 5.74) is 1.11. The fraction of sp³-hybridized carbons (Fsp3) is 0.625. The summed E-state index contributed by atoms with van der Waals surface area (Å²) in [5.74, 6) is 1.98. The standard InChI is InChI=1S/C16H22ClN/c17-15-7-3-4-8-16(15)18-14-10-9-12-5-1-2-6-13(12)11-14/h3-4,7-8,12-14,18H,1-2,5-6,9-11H2. The lowest BCUT2D eigenvalue weighted by atomic mass is 9.69. The number of nitrogens with one attached hydrogen (secondary N) is 1. The highest BCUT2D eigenvalue weighted by Gasteiger charge is 2.32. The van der Waals surface area contributed by atoms with Crippen molar-refractivity contribution in [2.24, 2.45) is 11.8 Å². The molecule has 2 aliphatic rings. The molecule has 2 saturated carbocycles. The molecule has 0 radical (unpaired) electrons. The fourth-order valence-electron chi connectivity index (χ4n) is 3.80. The van der Waals surface area contributed by atoms with E-state index in [0.29, 0.717) is 6.04 Å². The van der Waals surface area contributed by atoms with Gasteiger partial charge in [-0.05, 0) is 43.2 Å². The van der Waals surface area contributed by atoms with Crippen LogP contribution in [0.5, 0.6) is 0 Å². The van der Waals surface area contributed by atoms with Gasteiger partial charge in [0, 0.05) is 6.04 Å². The van der Waals surface area contributed by atoms with Gasteiger partial charge in [-0.3, -0.25) is 0 Å². The Morgan fingerprint density at radius 1 is 0.944 bits per heavy atom. The molecule has 0 aliphatic heterocycles. The van der Waals surface area contributed by atoms with E-state index in [1.807, 2.05) is 12.1 Å². The van der Waals surface area contributed by atoms with Crippen molar-refractivity contribution in [3.8, 4) is 0 Å². The van der Waals surface area contributed by atoms with Crippen LogP contribution in [0.4, 0.5) is 5.69 Å². The summed E-state index contributed by atoms with van der Waals surface area (Å²) in [6, 6.07) is 8.74. The summed E-state index contributed by atoms with van der Waals surface area (Å²) < 4.78 is 0. The highest BCUT2D eigenvalue weighted by molar-refractivity contribution is 6.33. The van der Waals surface area contributed by atoms with Crippen molar-refractivity contribution in [2.75, 3.05) is 5.32 Å². The zero-order chi connectivity index (χ0) is 12.4. The molecule has 3 atom stereocenters. The van der Waals surface area contributed by atoms with E-state index < -0.39 is 0 Å². The van der Waals surface area contributed by atoms with E-state index in [9.17, 15) is 0 Å². The summed E-state index contributed by atoms with van der Waals surface area (Å²) in [4.78, 5) is 0. The van der Waals surface area contributed by atoms with Crippen LogP contribution in [-0.2, 0) is 0 Å². The van der Waals surface area contributed by atoms with Gasteiger partial charge in [0.15, 0.2) is 0 Å². The molecule has 2 fully saturated rings. The molecule has 2 aliphatic carbocycles. The maximum absolute atomic E-state index is 6.22. The molecule has 0 spiro atoms. The van der Waals surface area contributed by atoms with E-state index in [0.717, 1.165) is 22.5 Å². The Bertz CT molecular complexity index is 404. The first-order chi connectivity index (χ1) is 8.83. The van der Waals surface area contributed by atoms with Crippen LogP contribution >= 0.6 is 11.6 Å². The Morgan fingerprint density at radius 3 is 2.56 bits per heavy atom. The molecule has 3 rings (SSSR count). The van der Waals surface area contributed by atoms with Gasteiger partial charge in [-0.2, -0.15) is 0 Å². The number of fused-ring (bicyclic) bond motifs is 1. The van der Waals surface area contributed by atoms with Gasteiger partial charge < -0.3 is 5.32 Å². The number of anilines is 1. The summed E-state index contributed by atoms with van der Waals surface area (Å²) in [7, 11) is 0. The number of benzene rings is 1. The van der Waals surface area contributed by atoms with Crippen LogP contribution in [0.25, 0.3) is 0 Å². The monoisotopic (exact) mass is 263 g/mol. The summed E-state index contributed by atoms with van der Waals surface area (Å²) in [6.45, 7) is 0. The molecule has 0 heterocycles. The van der Waals surface area contributed by atoms with Gasteiger partial charge in [-0.25, -0.2) is 0 Å². The Balaban J connectivity index is 1.63. The van der Waals surface area contributed by atoms with Crippen LogP contribution in [0, 0.1) is 11.8 Å². The van der Waals surface area contributed by atoms with Crippen molar-refractivity contribution >= 4 is 17.3 Å². The lowest BCUT2D eigenvalue weighted by molar-refractivity contribution is 0.162. The molecule has 98 valence electrons. The predicted molar refractivity (Wildman–Crippen MR) is 78.2 cm³/mol. The highest BCUT2D eigenvalue weighted by Crippen LogP contribution is 2.41. The smallest absolute Gasteiger partial charge is 0.0637 e. The van der Waals surface area contributed by atoms with Gasteiger partial charge in [-0.1, -0.05) is 49.4 Å². The third kappa shape index (κ3) is 2.66. The quantitative estimate of drug-likeness (QED) is 0.782. The molecule has 18 heavy (non-hydrogen) atoms. The minimum Gasteiger partial charge on any atom is -0.381 e. The third-order valence-electron chi connectivity index (χ3n) is 4.77. The number of para-hydroxylation sites is 1. The van der Waals surface area contributed by atoms with Crippen molar-refractivity contribution in [2.45, 2.75) is 51.0 Å². The van der Waals surface area contributed by atoms with Gasteiger partial charge in [0.2, 0.25) is 0 Å². The van der Waals surface area contributed by atoms with E-state index in [1.165, 1.54) is 44.9 Å². The average Bonchev–Trinajstić information content (AvgIpc) is 2.41. The van der Waals surface area contributed by atoms with E-state index in [4.69, 9.17) is 11.6 Å². The Labute approximate surface area is 115 Å². The lowest BCUT2D eigenvalue weighted by Crippen LogP contribution is -2.34. The van der Waals surface area contributed by atoms with E-state index in [1.54, 1.807) is 0 Å². The van der Waals surface area contributed by atoms with Gasteiger partial charge in [0.05, 0.1) is 10.7 Å². The summed E-state index contributed by atoms with van der Waals surface area (Å²) in [6.07, 6.45) is 9.90. The Kier molecular flexibility index (Phi) is 3.79. The van der Waals surface area contributed by atoms with Crippen molar-refractivity contribution in [1.82, 2.24) is 0 Å². The van der Waals surface area contributed by atoms with Crippen LogP contribution in [-0.4, -0.2) is 6.04 Å². The van der Waals surface area contributed by atoms with Crippen LogP contribution in [0.1, 0.15) is 44.9 Å². The second-order valence-corrected chi connectivity index (χ2v) is 6.35. The van der Waals surface area contributed by atoms with Gasteiger partial charge in [0.25, 0.3) is 0 Å².